The van der Waals surface area contributed by atoms with Gasteiger partial charge in [-0.05, 0) is 37.1 Å². The normalized spacial score (nSPS) is 11.2. The maximum absolute atomic E-state index is 12.4. The highest BCUT2D eigenvalue weighted by Crippen LogP contribution is 2.16. The topological polar surface area (TPSA) is 84.5 Å². The van der Waals surface area contributed by atoms with Gasteiger partial charge in [-0.25, -0.2) is 18.6 Å². The van der Waals surface area contributed by atoms with Crippen molar-refractivity contribution in [1.82, 2.24) is 10.2 Å². The maximum Gasteiger partial charge on any atom is 0.275 e. The molecular weight excluding hydrogens is 328 g/mol. The Bertz CT molecular complexity index is 805. The van der Waals surface area contributed by atoms with Crippen LogP contribution in [0.3, 0.4) is 0 Å². The molecule has 0 heterocycles. The number of carbonyl (C=O) groups is 1. The van der Waals surface area contributed by atoms with E-state index in [0.717, 1.165) is 5.56 Å². The van der Waals surface area contributed by atoms with Gasteiger partial charge in [0.2, 0.25) is 10.0 Å². The Morgan fingerprint density at radius 2 is 1.83 bits per heavy atom. The summed E-state index contributed by atoms with van der Waals surface area (Å²) >= 11 is 0. The molecule has 24 heavy (non-hydrogen) atoms. The second-order valence-electron chi connectivity index (χ2n) is 5.15. The fourth-order valence-corrected chi connectivity index (χ4v) is 3.11. The van der Waals surface area contributed by atoms with Crippen LogP contribution in [0.5, 0.6) is 0 Å². The summed E-state index contributed by atoms with van der Waals surface area (Å²) in [5.41, 5.74) is 4.04. The van der Waals surface area contributed by atoms with E-state index in [1.807, 2.05) is 30.3 Å². The third-order valence-electron chi connectivity index (χ3n) is 3.38. The quantitative estimate of drug-likeness (QED) is 0.751. The minimum atomic E-state index is -3.72. The van der Waals surface area contributed by atoms with Crippen molar-refractivity contribution in [3.05, 3.63) is 65.2 Å². The van der Waals surface area contributed by atoms with Crippen LogP contribution in [-0.2, 0) is 21.4 Å². The maximum atomic E-state index is 12.4. The first kappa shape index (κ1) is 18.1. The molecule has 0 unspecified atom stereocenters. The molecule has 1 amide bonds. The number of hydrogen-bond donors (Lipinski definition) is 2. The van der Waals surface area contributed by atoms with E-state index >= 15 is 0 Å². The van der Waals surface area contributed by atoms with Crippen LogP contribution < -0.4 is 10.2 Å². The number of hydrogen-bond acceptors (Lipinski definition) is 4. The summed E-state index contributed by atoms with van der Waals surface area (Å²) in [4.78, 5) is 16.9. The smallest absolute Gasteiger partial charge is 0.274 e. The van der Waals surface area contributed by atoms with Crippen molar-refractivity contribution < 1.29 is 18.0 Å². The standard InChI is InChI=1S/C17H20N2O4S/c1-3-23-19-17(20)16-11-15(10-9-13(16)2)24(21,22)18-12-14-7-5-4-6-8-14/h4-11,18H,3,12H2,1-2H3,(H,19,20). The van der Waals surface area contributed by atoms with E-state index in [1.54, 1.807) is 19.9 Å². The highest BCUT2D eigenvalue weighted by molar-refractivity contribution is 7.89. The predicted octanol–water partition coefficient (Wildman–Crippen LogP) is 2.15. The second kappa shape index (κ2) is 8.05. The molecule has 0 aromatic heterocycles. The van der Waals surface area contributed by atoms with Crippen molar-refractivity contribution in [3.63, 3.8) is 0 Å². The molecule has 2 aromatic rings. The number of rotatable bonds is 7. The van der Waals surface area contributed by atoms with Crippen LogP contribution in [0, 0.1) is 6.92 Å². The van der Waals surface area contributed by atoms with Gasteiger partial charge in [-0.2, -0.15) is 0 Å². The first-order valence-electron chi connectivity index (χ1n) is 7.50. The van der Waals surface area contributed by atoms with E-state index in [1.165, 1.54) is 12.1 Å². The molecule has 2 N–H and O–H groups in total. The average molecular weight is 348 g/mol. The number of aryl methyl sites for hydroxylation is 1. The molecule has 0 aliphatic rings. The lowest BCUT2D eigenvalue weighted by atomic mass is 10.1. The third kappa shape index (κ3) is 4.64. The van der Waals surface area contributed by atoms with Gasteiger partial charge in [0, 0.05) is 12.1 Å². The van der Waals surface area contributed by atoms with Crippen molar-refractivity contribution >= 4 is 15.9 Å². The number of carbonyl (C=O) groups excluding carboxylic acids is 1. The SMILES string of the molecule is CCONC(=O)c1cc(S(=O)(=O)NCc2ccccc2)ccc1C. The summed E-state index contributed by atoms with van der Waals surface area (Å²) in [5, 5.41) is 0. The molecular formula is C17H20N2O4S. The van der Waals surface area contributed by atoms with Crippen molar-refractivity contribution in [1.29, 1.82) is 0 Å². The fraction of sp³-hybridized carbons (Fsp3) is 0.235. The van der Waals surface area contributed by atoms with Crippen LogP contribution in [0.15, 0.2) is 53.4 Å². The van der Waals surface area contributed by atoms with E-state index < -0.39 is 15.9 Å². The van der Waals surface area contributed by atoms with Gasteiger partial charge in [-0.3, -0.25) is 9.63 Å². The van der Waals surface area contributed by atoms with E-state index in [9.17, 15) is 13.2 Å². The Morgan fingerprint density at radius 1 is 1.12 bits per heavy atom. The molecule has 0 bridgehead atoms. The third-order valence-corrected chi connectivity index (χ3v) is 4.78. The van der Waals surface area contributed by atoms with Crippen LogP contribution in [0.25, 0.3) is 0 Å². The van der Waals surface area contributed by atoms with Crippen molar-refractivity contribution in [3.8, 4) is 0 Å². The summed E-state index contributed by atoms with van der Waals surface area (Å²) in [6.45, 7) is 3.97. The lowest BCUT2D eigenvalue weighted by Crippen LogP contribution is -2.26. The highest BCUT2D eigenvalue weighted by atomic mass is 32.2. The first-order valence-corrected chi connectivity index (χ1v) is 8.98. The van der Waals surface area contributed by atoms with Crippen LogP contribution in [0.1, 0.15) is 28.4 Å². The minimum absolute atomic E-state index is 0.0330. The number of amides is 1. The Morgan fingerprint density at radius 3 is 2.50 bits per heavy atom. The molecule has 7 heteroatoms. The van der Waals surface area contributed by atoms with E-state index in [2.05, 4.69) is 10.2 Å². The number of hydroxylamine groups is 1. The van der Waals surface area contributed by atoms with Gasteiger partial charge in [0.15, 0.2) is 0 Å². The van der Waals surface area contributed by atoms with Crippen LogP contribution in [0.2, 0.25) is 0 Å². The van der Waals surface area contributed by atoms with E-state index in [0.29, 0.717) is 12.2 Å². The summed E-state index contributed by atoms with van der Waals surface area (Å²) in [6, 6.07) is 13.6. The Labute approximate surface area is 141 Å². The highest BCUT2D eigenvalue weighted by Gasteiger charge is 2.18. The van der Waals surface area contributed by atoms with Crippen LogP contribution >= 0.6 is 0 Å². The molecule has 2 aromatic carbocycles. The minimum Gasteiger partial charge on any atom is -0.274 e. The average Bonchev–Trinajstić information content (AvgIpc) is 2.59. The van der Waals surface area contributed by atoms with Crippen molar-refractivity contribution in [2.45, 2.75) is 25.3 Å². The van der Waals surface area contributed by atoms with Gasteiger partial charge in [-0.1, -0.05) is 36.4 Å². The molecule has 0 aliphatic heterocycles. The Hall–Kier alpha value is -2.22. The first-order chi connectivity index (χ1) is 11.4. The predicted molar refractivity (Wildman–Crippen MR) is 90.7 cm³/mol. The zero-order valence-electron chi connectivity index (χ0n) is 13.6. The lowest BCUT2D eigenvalue weighted by Gasteiger charge is -2.11. The van der Waals surface area contributed by atoms with Gasteiger partial charge in [0.1, 0.15) is 0 Å². The van der Waals surface area contributed by atoms with Gasteiger partial charge in [-0.15, -0.1) is 0 Å². The van der Waals surface area contributed by atoms with Gasteiger partial charge in [0.25, 0.3) is 5.91 Å². The van der Waals surface area contributed by atoms with Gasteiger partial charge < -0.3 is 0 Å². The summed E-state index contributed by atoms with van der Waals surface area (Å²) in [6.07, 6.45) is 0. The number of benzene rings is 2. The van der Waals surface area contributed by atoms with Crippen molar-refractivity contribution in [2.24, 2.45) is 0 Å². The monoisotopic (exact) mass is 348 g/mol. The second-order valence-corrected chi connectivity index (χ2v) is 6.92. The number of nitrogens with one attached hydrogen (secondary N) is 2. The molecule has 2 rings (SSSR count). The number of sulfonamides is 1. The molecule has 0 atom stereocenters. The van der Waals surface area contributed by atoms with E-state index in [-0.39, 0.29) is 17.0 Å². The Balaban J connectivity index is 2.19. The zero-order chi connectivity index (χ0) is 17.6. The molecule has 0 saturated heterocycles. The molecule has 128 valence electrons. The molecule has 6 nitrogen and oxygen atoms in total. The molecule has 0 radical (unpaired) electrons. The van der Waals surface area contributed by atoms with Crippen molar-refractivity contribution in [2.75, 3.05) is 6.61 Å². The zero-order valence-corrected chi connectivity index (χ0v) is 14.4. The molecule has 0 spiro atoms. The van der Waals surface area contributed by atoms with Crippen LogP contribution in [0.4, 0.5) is 0 Å². The van der Waals surface area contributed by atoms with E-state index in [4.69, 9.17) is 4.84 Å². The molecule has 0 fully saturated rings. The fourth-order valence-electron chi connectivity index (χ4n) is 2.06. The Kier molecular flexibility index (Phi) is 6.08. The summed E-state index contributed by atoms with van der Waals surface area (Å²) < 4.78 is 27.4. The van der Waals surface area contributed by atoms with Gasteiger partial charge in [0.05, 0.1) is 11.5 Å². The lowest BCUT2D eigenvalue weighted by molar-refractivity contribution is 0.0364. The van der Waals surface area contributed by atoms with Crippen LogP contribution in [-0.4, -0.2) is 20.9 Å². The van der Waals surface area contributed by atoms with Gasteiger partial charge >= 0.3 is 0 Å². The summed E-state index contributed by atoms with van der Waals surface area (Å²) in [7, 11) is -3.72. The molecule has 0 aliphatic carbocycles. The largest absolute Gasteiger partial charge is 0.275 e. The summed E-state index contributed by atoms with van der Waals surface area (Å²) in [5.74, 6) is -0.477. The molecule has 0 saturated carbocycles.